The van der Waals surface area contributed by atoms with Gasteiger partial charge in [-0.25, -0.2) is 0 Å². The standard InChI is InChI=1S/C18H19NO2/c1-21-14-6-2-5-13(10-14)15-7-3-4-12-8-9-17(19)18(20)11-16(12)15/h2-7,10,17H,8-9,11,19H2,1H3. The molecule has 1 aliphatic carbocycles. The zero-order valence-electron chi connectivity index (χ0n) is 12.1. The van der Waals surface area contributed by atoms with Crippen molar-refractivity contribution in [2.24, 2.45) is 5.73 Å². The fourth-order valence-electron chi connectivity index (χ4n) is 2.92. The van der Waals surface area contributed by atoms with Gasteiger partial charge in [0.1, 0.15) is 5.75 Å². The number of hydrogen-bond donors (Lipinski definition) is 1. The number of rotatable bonds is 2. The number of nitrogens with two attached hydrogens (primary N) is 1. The molecule has 0 bridgehead atoms. The molecule has 21 heavy (non-hydrogen) atoms. The number of hydrogen-bond acceptors (Lipinski definition) is 3. The van der Waals surface area contributed by atoms with E-state index in [0.717, 1.165) is 35.3 Å². The zero-order valence-corrected chi connectivity index (χ0v) is 12.1. The summed E-state index contributed by atoms with van der Waals surface area (Å²) in [4.78, 5) is 12.1. The van der Waals surface area contributed by atoms with Crippen LogP contribution in [0, 0.1) is 0 Å². The Kier molecular flexibility index (Phi) is 3.76. The van der Waals surface area contributed by atoms with Crippen molar-refractivity contribution in [3.05, 3.63) is 53.6 Å². The Hall–Kier alpha value is -2.13. The molecule has 2 N–H and O–H groups in total. The van der Waals surface area contributed by atoms with Crippen molar-refractivity contribution in [1.29, 1.82) is 0 Å². The van der Waals surface area contributed by atoms with Crippen LogP contribution in [-0.4, -0.2) is 18.9 Å². The first-order valence-electron chi connectivity index (χ1n) is 7.22. The van der Waals surface area contributed by atoms with Gasteiger partial charge in [0, 0.05) is 6.42 Å². The predicted molar refractivity (Wildman–Crippen MR) is 83.4 cm³/mol. The highest BCUT2D eigenvalue weighted by Crippen LogP contribution is 2.31. The van der Waals surface area contributed by atoms with Crippen molar-refractivity contribution >= 4 is 5.78 Å². The molecule has 0 radical (unpaired) electrons. The average Bonchev–Trinajstić information content (AvgIpc) is 2.66. The van der Waals surface area contributed by atoms with Crippen LogP contribution in [0.4, 0.5) is 0 Å². The minimum absolute atomic E-state index is 0.129. The molecule has 3 rings (SSSR count). The summed E-state index contributed by atoms with van der Waals surface area (Å²) in [6, 6.07) is 13.8. The van der Waals surface area contributed by atoms with E-state index in [-0.39, 0.29) is 11.8 Å². The molecule has 2 aromatic carbocycles. The van der Waals surface area contributed by atoms with E-state index in [1.165, 1.54) is 5.56 Å². The molecule has 108 valence electrons. The van der Waals surface area contributed by atoms with E-state index in [9.17, 15) is 4.79 Å². The van der Waals surface area contributed by atoms with Crippen LogP contribution in [0.5, 0.6) is 5.75 Å². The number of Topliss-reactive ketones (excluding diaryl/α,β-unsaturated/α-hetero) is 1. The zero-order chi connectivity index (χ0) is 14.8. The first-order valence-corrected chi connectivity index (χ1v) is 7.22. The molecule has 2 aromatic rings. The maximum Gasteiger partial charge on any atom is 0.153 e. The normalized spacial score (nSPS) is 18.0. The molecule has 0 saturated carbocycles. The van der Waals surface area contributed by atoms with Crippen molar-refractivity contribution < 1.29 is 9.53 Å². The molecule has 0 aliphatic heterocycles. The minimum atomic E-state index is -0.337. The van der Waals surface area contributed by atoms with Gasteiger partial charge < -0.3 is 10.5 Å². The van der Waals surface area contributed by atoms with Gasteiger partial charge in [-0.05, 0) is 47.2 Å². The molecule has 1 atom stereocenters. The molecule has 1 unspecified atom stereocenters. The highest BCUT2D eigenvalue weighted by Gasteiger charge is 2.22. The van der Waals surface area contributed by atoms with Gasteiger partial charge in [-0.1, -0.05) is 30.3 Å². The summed E-state index contributed by atoms with van der Waals surface area (Å²) in [6.45, 7) is 0. The number of ether oxygens (including phenoxy) is 1. The van der Waals surface area contributed by atoms with E-state index in [0.29, 0.717) is 6.42 Å². The fourth-order valence-corrected chi connectivity index (χ4v) is 2.92. The van der Waals surface area contributed by atoms with Gasteiger partial charge >= 0.3 is 0 Å². The van der Waals surface area contributed by atoms with Crippen LogP contribution < -0.4 is 10.5 Å². The molecule has 0 amide bonds. The Labute approximate surface area is 124 Å². The minimum Gasteiger partial charge on any atom is -0.497 e. The van der Waals surface area contributed by atoms with Gasteiger partial charge in [0.2, 0.25) is 0 Å². The summed E-state index contributed by atoms with van der Waals surface area (Å²) < 4.78 is 5.30. The number of fused-ring (bicyclic) bond motifs is 1. The van der Waals surface area contributed by atoms with E-state index in [4.69, 9.17) is 10.5 Å². The second kappa shape index (κ2) is 5.70. The summed E-state index contributed by atoms with van der Waals surface area (Å²) in [5, 5.41) is 0. The van der Waals surface area contributed by atoms with E-state index < -0.39 is 0 Å². The van der Waals surface area contributed by atoms with Crippen molar-refractivity contribution in [2.45, 2.75) is 25.3 Å². The number of ketones is 1. The lowest BCUT2D eigenvalue weighted by Crippen LogP contribution is -2.30. The Morgan fingerprint density at radius 2 is 2.00 bits per heavy atom. The smallest absolute Gasteiger partial charge is 0.153 e. The van der Waals surface area contributed by atoms with Gasteiger partial charge in [-0.3, -0.25) is 4.79 Å². The van der Waals surface area contributed by atoms with Crippen molar-refractivity contribution in [3.63, 3.8) is 0 Å². The van der Waals surface area contributed by atoms with E-state index in [1.807, 2.05) is 24.3 Å². The van der Waals surface area contributed by atoms with Gasteiger partial charge in [0.05, 0.1) is 13.2 Å². The molecular weight excluding hydrogens is 262 g/mol. The second-order valence-electron chi connectivity index (χ2n) is 5.46. The van der Waals surface area contributed by atoms with Gasteiger partial charge in [0.25, 0.3) is 0 Å². The molecule has 0 spiro atoms. The maximum absolute atomic E-state index is 12.1. The summed E-state index contributed by atoms with van der Waals surface area (Å²) in [5.74, 6) is 0.950. The van der Waals surface area contributed by atoms with Crippen LogP contribution in [0.25, 0.3) is 11.1 Å². The van der Waals surface area contributed by atoms with E-state index >= 15 is 0 Å². The summed E-state index contributed by atoms with van der Waals surface area (Å²) in [7, 11) is 1.66. The first-order chi connectivity index (χ1) is 10.2. The highest BCUT2D eigenvalue weighted by molar-refractivity contribution is 5.89. The predicted octanol–water partition coefficient (Wildman–Crippen LogP) is 2.75. The molecular formula is C18H19NO2. The monoisotopic (exact) mass is 281 g/mol. The van der Waals surface area contributed by atoms with Gasteiger partial charge in [0.15, 0.2) is 5.78 Å². The largest absolute Gasteiger partial charge is 0.497 e. The summed E-state index contributed by atoms with van der Waals surface area (Å²) in [6.07, 6.45) is 2.01. The Bertz CT molecular complexity index is 679. The Morgan fingerprint density at radius 3 is 2.81 bits per heavy atom. The molecule has 0 saturated heterocycles. The number of methoxy groups -OCH3 is 1. The van der Waals surface area contributed by atoms with Crippen LogP contribution in [-0.2, 0) is 17.6 Å². The Morgan fingerprint density at radius 1 is 1.19 bits per heavy atom. The van der Waals surface area contributed by atoms with E-state index in [1.54, 1.807) is 7.11 Å². The molecule has 0 heterocycles. The fraction of sp³-hybridized carbons (Fsp3) is 0.278. The number of benzene rings is 2. The third kappa shape index (κ3) is 2.69. The van der Waals surface area contributed by atoms with Crippen molar-refractivity contribution in [3.8, 4) is 16.9 Å². The van der Waals surface area contributed by atoms with Crippen LogP contribution in [0.2, 0.25) is 0 Å². The molecule has 0 aromatic heterocycles. The van der Waals surface area contributed by atoms with Crippen LogP contribution in [0.3, 0.4) is 0 Å². The molecule has 0 fully saturated rings. The van der Waals surface area contributed by atoms with Crippen LogP contribution >= 0.6 is 0 Å². The van der Waals surface area contributed by atoms with Crippen LogP contribution in [0.15, 0.2) is 42.5 Å². The molecule has 1 aliphatic rings. The van der Waals surface area contributed by atoms with Gasteiger partial charge in [-0.15, -0.1) is 0 Å². The second-order valence-corrected chi connectivity index (χ2v) is 5.46. The third-order valence-electron chi connectivity index (χ3n) is 4.14. The number of aryl methyl sites for hydroxylation is 1. The SMILES string of the molecule is COc1cccc(-c2cccc3c2CC(=O)C(N)CC3)c1. The lowest BCUT2D eigenvalue weighted by Gasteiger charge is -2.13. The summed E-state index contributed by atoms with van der Waals surface area (Å²) >= 11 is 0. The number of carbonyl (C=O) groups is 1. The van der Waals surface area contributed by atoms with Gasteiger partial charge in [-0.2, -0.15) is 0 Å². The maximum atomic E-state index is 12.1. The third-order valence-corrected chi connectivity index (χ3v) is 4.14. The van der Waals surface area contributed by atoms with Crippen molar-refractivity contribution in [1.82, 2.24) is 0 Å². The topological polar surface area (TPSA) is 52.3 Å². The summed E-state index contributed by atoms with van der Waals surface area (Å²) in [5.41, 5.74) is 10.5. The highest BCUT2D eigenvalue weighted by atomic mass is 16.5. The van der Waals surface area contributed by atoms with E-state index in [2.05, 4.69) is 18.2 Å². The molecule has 3 nitrogen and oxygen atoms in total. The lowest BCUT2D eigenvalue weighted by atomic mass is 9.92. The Balaban J connectivity index is 2.10. The average molecular weight is 281 g/mol. The quantitative estimate of drug-likeness (QED) is 0.861. The lowest BCUT2D eigenvalue weighted by molar-refractivity contribution is -0.119. The number of carbonyl (C=O) groups excluding carboxylic acids is 1. The molecule has 3 heteroatoms. The van der Waals surface area contributed by atoms with Crippen LogP contribution in [0.1, 0.15) is 17.5 Å². The first kappa shape index (κ1) is 13.8. The van der Waals surface area contributed by atoms with Crippen molar-refractivity contribution in [2.75, 3.05) is 7.11 Å².